The Morgan fingerprint density at radius 2 is 1.95 bits per heavy atom. The fourth-order valence-corrected chi connectivity index (χ4v) is 2.52. The van der Waals surface area contributed by atoms with Crippen molar-refractivity contribution in [1.29, 1.82) is 0 Å². The normalized spacial score (nSPS) is 11.1. The second-order valence-corrected chi connectivity index (χ2v) is 5.00. The van der Waals surface area contributed by atoms with Crippen LogP contribution in [0.5, 0.6) is 5.75 Å². The highest BCUT2D eigenvalue weighted by Crippen LogP contribution is 2.27. The summed E-state index contributed by atoms with van der Waals surface area (Å²) in [6, 6.07) is 16.1. The Kier molecular flexibility index (Phi) is 2.96. The Hall–Kier alpha value is -2.95. The summed E-state index contributed by atoms with van der Waals surface area (Å²) in [4.78, 5) is 0. The maximum Gasteiger partial charge on any atom is 0.164 e. The monoisotopic (exact) mass is 293 g/mol. The van der Waals surface area contributed by atoms with Crippen LogP contribution in [0.15, 0.2) is 60.9 Å². The number of nitrogens with zero attached hydrogens (tertiary/aromatic N) is 3. The molecule has 0 bridgehead atoms. The molecule has 0 N–H and O–H groups in total. The molecule has 0 aliphatic heterocycles. The van der Waals surface area contributed by atoms with Gasteiger partial charge in [0.25, 0.3) is 0 Å². The number of halogens is 1. The molecule has 0 amide bonds. The molecule has 0 aliphatic carbocycles. The van der Waals surface area contributed by atoms with E-state index in [0.29, 0.717) is 18.0 Å². The van der Waals surface area contributed by atoms with Crippen LogP contribution < -0.4 is 4.74 Å². The van der Waals surface area contributed by atoms with Gasteiger partial charge in [0.2, 0.25) is 0 Å². The smallest absolute Gasteiger partial charge is 0.164 e. The van der Waals surface area contributed by atoms with Crippen LogP contribution in [0.2, 0.25) is 0 Å². The van der Waals surface area contributed by atoms with Gasteiger partial charge in [-0.2, -0.15) is 0 Å². The van der Waals surface area contributed by atoms with Gasteiger partial charge in [0.15, 0.2) is 5.65 Å². The van der Waals surface area contributed by atoms with Gasteiger partial charge in [0.05, 0.1) is 5.52 Å². The number of ether oxygens (including phenoxy) is 1. The third-order valence-corrected chi connectivity index (χ3v) is 3.55. The summed E-state index contributed by atoms with van der Waals surface area (Å²) in [5, 5.41) is 8.97. The van der Waals surface area contributed by atoms with Gasteiger partial charge in [0.1, 0.15) is 24.5 Å². The van der Waals surface area contributed by atoms with E-state index in [9.17, 15) is 4.39 Å². The first-order valence-electron chi connectivity index (χ1n) is 6.90. The minimum Gasteiger partial charge on any atom is -0.488 e. The van der Waals surface area contributed by atoms with Crippen LogP contribution in [0.25, 0.3) is 16.6 Å². The Morgan fingerprint density at radius 1 is 1.05 bits per heavy atom. The summed E-state index contributed by atoms with van der Waals surface area (Å²) >= 11 is 0. The highest BCUT2D eigenvalue weighted by molar-refractivity contribution is 5.88. The first kappa shape index (κ1) is 12.8. The summed E-state index contributed by atoms with van der Waals surface area (Å²) < 4.78 is 21.0. The summed E-state index contributed by atoms with van der Waals surface area (Å²) in [5.74, 6) is 0.444. The first-order valence-corrected chi connectivity index (χ1v) is 6.90. The van der Waals surface area contributed by atoms with Crippen molar-refractivity contribution in [3.8, 4) is 5.75 Å². The molecule has 4 nitrogen and oxygen atoms in total. The quantitative estimate of drug-likeness (QED) is 0.579. The lowest BCUT2D eigenvalue weighted by Gasteiger charge is -2.10. The van der Waals surface area contributed by atoms with Crippen molar-refractivity contribution in [1.82, 2.24) is 14.6 Å². The van der Waals surface area contributed by atoms with Gasteiger partial charge in [-0.1, -0.05) is 24.3 Å². The fraction of sp³-hybridized carbons (Fsp3) is 0.0588. The first-order chi connectivity index (χ1) is 10.8. The van der Waals surface area contributed by atoms with Gasteiger partial charge < -0.3 is 4.74 Å². The SMILES string of the molecule is Fc1cccc(COc2cc3nncn3c3ccccc23)c1. The van der Waals surface area contributed by atoms with Crippen LogP contribution in [0.3, 0.4) is 0 Å². The maximum atomic E-state index is 13.2. The predicted molar refractivity (Wildman–Crippen MR) is 81.2 cm³/mol. The second-order valence-electron chi connectivity index (χ2n) is 5.00. The van der Waals surface area contributed by atoms with Crippen molar-refractivity contribution in [2.45, 2.75) is 6.61 Å². The van der Waals surface area contributed by atoms with E-state index >= 15 is 0 Å². The van der Waals surface area contributed by atoms with E-state index in [4.69, 9.17) is 4.74 Å². The number of hydrogen-bond donors (Lipinski definition) is 0. The number of rotatable bonds is 3. The number of aromatic nitrogens is 3. The zero-order valence-corrected chi connectivity index (χ0v) is 11.6. The van der Waals surface area contributed by atoms with Crippen LogP contribution >= 0.6 is 0 Å². The third-order valence-electron chi connectivity index (χ3n) is 3.55. The minimum absolute atomic E-state index is 0.265. The zero-order valence-electron chi connectivity index (χ0n) is 11.6. The van der Waals surface area contributed by atoms with E-state index in [1.165, 1.54) is 12.1 Å². The number of pyridine rings is 1. The molecule has 0 atom stereocenters. The Bertz CT molecular complexity index is 964. The van der Waals surface area contributed by atoms with Gasteiger partial charge >= 0.3 is 0 Å². The molecule has 4 rings (SSSR count). The number of hydrogen-bond acceptors (Lipinski definition) is 3. The molecule has 2 aromatic carbocycles. The second kappa shape index (κ2) is 5.11. The summed E-state index contributed by atoms with van der Waals surface area (Å²) in [7, 11) is 0. The molecule has 2 heterocycles. The van der Waals surface area contributed by atoms with E-state index < -0.39 is 0 Å². The largest absolute Gasteiger partial charge is 0.488 e. The van der Waals surface area contributed by atoms with E-state index in [1.807, 2.05) is 40.8 Å². The van der Waals surface area contributed by atoms with Gasteiger partial charge in [-0.15, -0.1) is 10.2 Å². The molecular formula is C17H12FN3O. The fourth-order valence-electron chi connectivity index (χ4n) is 2.52. The van der Waals surface area contributed by atoms with Gasteiger partial charge in [-0.3, -0.25) is 4.40 Å². The third kappa shape index (κ3) is 2.16. The summed E-state index contributed by atoms with van der Waals surface area (Å²) in [6.45, 7) is 0.298. The standard InChI is InChI=1S/C17H12FN3O/c18-13-5-3-4-12(8-13)10-22-16-9-17-20-19-11-21(17)15-7-2-1-6-14(15)16/h1-9,11H,10H2. The topological polar surface area (TPSA) is 39.4 Å². The molecule has 0 saturated heterocycles. The molecule has 108 valence electrons. The van der Waals surface area contributed by atoms with Crippen molar-refractivity contribution < 1.29 is 9.13 Å². The Balaban J connectivity index is 1.76. The van der Waals surface area contributed by atoms with Gasteiger partial charge in [0, 0.05) is 11.5 Å². The minimum atomic E-state index is -0.265. The van der Waals surface area contributed by atoms with Crippen LogP contribution in [-0.2, 0) is 6.61 Å². The zero-order chi connectivity index (χ0) is 14.9. The predicted octanol–water partition coefficient (Wildman–Crippen LogP) is 3.60. The van der Waals surface area contributed by atoms with Crippen molar-refractivity contribution in [2.24, 2.45) is 0 Å². The molecule has 0 fully saturated rings. The highest BCUT2D eigenvalue weighted by atomic mass is 19.1. The molecule has 0 aliphatic rings. The Labute approximate surface area is 125 Å². The summed E-state index contributed by atoms with van der Waals surface area (Å²) in [6.07, 6.45) is 1.67. The van der Waals surface area contributed by atoms with Crippen LogP contribution in [0, 0.1) is 5.82 Å². The lowest BCUT2D eigenvalue weighted by Crippen LogP contribution is -1.98. The molecular weight excluding hydrogens is 281 g/mol. The van der Waals surface area contributed by atoms with Gasteiger partial charge in [-0.05, 0) is 29.8 Å². The van der Waals surface area contributed by atoms with E-state index in [2.05, 4.69) is 10.2 Å². The van der Waals surface area contributed by atoms with Crippen molar-refractivity contribution in [2.75, 3.05) is 0 Å². The van der Waals surface area contributed by atoms with Crippen molar-refractivity contribution in [3.05, 3.63) is 72.3 Å². The lowest BCUT2D eigenvalue weighted by molar-refractivity contribution is 0.309. The highest BCUT2D eigenvalue weighted by Gasteiger charge is 2.08. The molecule has 5 heteroatoms. The van der Waals surface area contributed by atoms with E-state index in [0.717, 1.165) is 16.5 Å². The average molecular weight is 293 g/mol. The van der Waals surface area contributed by atoms with E-state index in [-0.39, 0.29) is 5.82 Å². The maximum absolute atomic E-state index is 13.2. The van der Waals surface area contributed by atoms with Crippen LogP contribution in [0.1, 0.15) is 5.56 Å². The number of benzene rings is 2. The van der Waals surface area contributed by atoms with Gasteiger partial charge in [-0.25, -0.2) is 4.39 Å². The molecule has 0 saturated carbocycles. The van der Waals surface area contributed by atoms with Crippen molar-refractivity contribution in [3.63, 3.8) is 0 Å². The van der Waals surface area contributed by atoms with Crippen LogP contribution in [0.4, 0.5) is 4.39 Å². The lowest BCUT2D eigenvalue weighted by atomic mass is 10.2. The Morgan fingerprint density at radius 3 is 2.86 bits per heavy atom. The molecule has 4 aromatic rings. The summed E-state index contributed by atoms with van der Waals surface area (Å²) in [5.41, 5.74) is 2.47. The number of fused-ring (bicyclic) bond motifs is 3. The van der Waals surface area contributed by atoms with Crippen LogP contribution in [-0.4, -0.2) is 14.6 Å². The average Bonchev–Trinajstić information content (AvgIpc) is 3.01. The van der Waals surface area contributed by atoms with Crippen molar-refractivity contribution >= 4 is 16.6 Å². The molecule has 0 unspecified atom stereocenters. The van der Waals surface area contributed by atoms with E-state index in [1.54, 1.807) is 12.4 Å². The number of para-hydroxylation sites is 1. The molecule has 22 heavy (non-hydrogen) atoms. The molecule has 2 aromatic heterocycles. The molecule has 0 radical (unpaired) electrons. The molecule has 0 spiro atoms.